The van der Waals surface area contributed by atoms with Crippen LogP contribution >= 0.6 is 23.2 Å². The maximum atomic E-state index is 9.50. The zero-order valence-electron chi connectivity index (χ0n) is 15.3. The van der Waals surface area contributed by atoms with Gasteiger partial charge in [0.1, 0.15) is 12.1 Å². The molecule has 1 N–H and O–H groups in total. The highest BCUT2D eigenvalue weighted by Crippen LogP contribution is 2.42. The van der Waals surface area contributed by atoms with Gasteiger partial charge in [0.05, 0.1) is 38.3 Å². The fourth-order valence-corrected chi connectivity index (χ4v) is 3.96. The number of aromatic nitrogens is 1. The highest BCUT2D eigenvalue weighted by atomic mass is 35.5. The third-order valence-corrected chi connectivity index (χ3v) is 5.36. The van der Waals surface area contributed by atoms with Crippen LogP contribution in [-0.4, -0.2) is 10.7 Å². The van der Waals surface area contributed by atoms with Crippen molar-refractivity contribution in [1.29, 1.82) is 10.5 Å². The van der Waals surface area contributed by atoms with Crippen molar-refractivity contribution in [2.45, 2.75) is 27.7 Å². The van der Waals surface area contributed by atoms with Crippen LogP contribution in [0.3, 0.4) is 0 Å². The quantitative estimate of drug-likeness (QED) is 0.689. The molecule has 0 spiro atoms. The Labute approximate surface area is 168 Å². The highest BCUT2D eigenvalue weighted by molar-refractivity contribution is 6.38. The molecule has 0 radical (unpaired) electrons. The number of hydrogen-bond acceptors (Lipinski definition) is 3. The first kappa shape index (κ1) is 19.0. The average Bonchev–Trinajstić information content (AvgIpc) is 3.06. The van der Waals surface area contributed by atoms with E-state index in [2.05, 4.69) is 22.1 Å². The zero-order valence-corrected chi connectivity index (χ0v) is 16.8. The number of aromatic amines is 1. The monoisotopic (exact) mass is 394 g/mol. The normalized spacial score (nSPS) is 15.5. The summed E-state index contributed by atoms with van der Waals surface area (Å²) in [4.78, 5) is 7.93. The number of aliphatic imine (C=N–C) groups is 1. The summed E-state index contributed by atoms with van der Waals surface area (Å²) >= 11 is 13.0. The predicted octanol–water partition coefficient (Wildman–Crippen LogP) is 5.88. The van der Waals surface area contributed by atoms with Gasteiger partial charge in [-0.3, -0.25) is 4.99 Å². The summed E-state index contributed by atoms with van der Waals surface area (Å²) in [6, 6.07) is 9.73. The molecule has 134 valence electrons. The molecule has 2 heterocycles. The number of rotatable bonds is 2. The number of benzene rings is 1. The third-order valence-electron chi connectivity index (χ3n) is 4.73. The van der Waals surface area contributed by atoms with Gasteiger partial charge in [-0.25, -0.2) is 0 Å². The summed E-state index contributed by atoms with van der Waals surface area (Å²) in [5.41, 5.74) is 6.73. The summed E-state index contributed by atoms with van der Waals surface area (Å²) in [6.45, 7) is 7.37. The summed E-state index contributed by atoms with van der Waals surface area (Å²) in [6.07, 6.45) is 0. The zero-order chi connectivity index (χ0) is 19.9. The molecule has 0 fully saturated rings. The molecule has 3 rings (SSSR count). The van der Waals surface area contributed by atoms with E-state index in [4.69, 9.17) is 23.2 Å². The van der Waals surface area contributed by atoms with Gasteiger partial charge in [-0.2, -0.15) is 10.5 Å². The number of nitriles is 2. The van der Waals surface area contributed by atoms with E-state index < -0.39 is 0 Å². The Morgan fingerprint density at radius 3 is 2.15 bits per heavy atom. The van der Waals surface area contributed by atoms with Crippen LogP contribution in [0.2, 0.25) is 10.0 Å². The molecule has 1 aromatic heterocycles. The second-order valence-corrected chi connectivity index (χ2v) is 7.18. The fourth-order valence-electron chi connectivity index (χ4n) is 3.37. The van der Waals surface area contributed by atoms with E-state index >= 15 is 0 Å². The maximum Gasteiger partial charge on any atom is 0.101 e. The number of H-pyrrole nitrogens is 1. The Bertz CT molecular complexity index is 1130. The predicted molar refractivity (Wildman–Crippen MR) is 109 cm³/mol. The SMILES string of the molecule is CC1=N/C(=C(\c2[nH]c(C)c(C#N)c2C)c2c(Cl)cccc2Cl)C(C)=C1C#N. The first-order chi connectivity index (χ1) is 12.8. The maximum absolute atomic E-state index is 9.50. The average molecular weight is 395 g/mol. The molecule has 0 atom stereocenters. The van der Waals surface area contributed by atoms with Crippen molar-refractivity contribution < 1.29 is 0 Å². The van der Waals surface area contributed by atoms with Crippen LogP contribution in [0.5, 0.6) is 0 Å². The third kappa shape index (κ3) is 2.98. The first-order valence-electron chi connectivity index (χ1n) is 8.27. The van der Waals surface area contributed by atoms with Crippen molar-refractivity contribution in [3.8, 4) is 12.1 Å². The summed E-state index contributed by atoms with van der Waals surface area (Å²) in [7, 11) is 0. The Hall–Kier alpha value is -2.79. The Morgan fingerprint density at radius 1 is 1.04 bits per heavy atom. The van der Waals surface area contributed by atoms with E-state index in [1.54, 1.807) is 25.1 Å². The van der Waals surface area contributed by atoms with Gasteiger partial charge in [0.25, 0.3) is 0 Å². The Kier molecular flexibility index (Phi) is 4.98. The van der Waals surface area contributed by atoms with Gasteiger partial charge in [0.15, 0.2) is 0 Å². The minimum atomic E-state index is 0.473. The molecule has 1 aliphatic rings. The van der Waals surface area contributed by atoms with Gasteiger partial charge in [0.2, 0.25) is 0 Å². The lowest BCUT2D eigenvalue weighted by Gasteiger charge is -2.15. The molecule has 1 aromatic carbocycles. The van der Waals surface area contributed by atoms with E-state index in [0.29, 0.717) is 43.7 Å². The highest BCUT2D eigenvalue weighted by Gasteiger charge is 2.27. The van der Waals surface area contributed by atoms with Crippen molar-refractivity contribution in [3.63, 3.8) is 0 Å². The molecule has 0 amide bonds. The number of nitrogens with zero attached hydrogens (tertiary/aromatic N) is 3. The van der Waals surface area contributed by atoms with Gasteiger partial charge in [-0.05, 0) is 51.0 Å². The standard InChI is InChI=1S/C21H16Cl2N4/c1-10-14(8-24)12(3)26-20(10)19(18-16(22)6-5-7-17(18)23)21-11(2)15(9-25)13(4)27-21/h5-7,26H,1-4H3/b21-19-. The molecule has 27 heavy (non-hydrogen) atoms. The van der Waals surface area contributed by atoms with E-state index in [-0.39, 0.29) is 0 Å². The lowest BCUT2D eigenvalue weighted by Crippen LogP contribution is -1.98. The van der Waals surface area contributed by atoms with E-state index in [1.165, 1.54) is 0 Å². The summed E-state index contributed by atoms with van der Waals surface area (Å²) in [5.74, 6) is 0. The summed E-state index contributed by atoms with van der Waals surface area (Å²) in [5, 5.41) is 19.9. The van der Waals surface area contributed by atoms with Crippen molar-refractivity contribution in [2.75, 3.05) is 0 Å². The van der Waals surface area contributed by atoms with Crippen LogP contribution in [0.15, 0.2) is 40.0 Å². The van der Waals surface area contributed by atoms with Crippen LogP contribution in [0.25, 0.3) is 5.57 Å². The van der Waals surface area contributed by atoms with Gasteiger partial charge in [-0.1, -0.05) is 29.3 Å². The van der Waals surface area contributed by atoms with Crippen LogP contribution < -0.4 is 0 Å². The minimum absolute atomic E-state index is 0.473. The van der Waals surface area contributed by atoms with Gasteiger partial charge in [0, 0.05) is 16.8 Å². The van der Waals surface area contributed by atoms with E-state index in [1.807, 2.05) is 20.8 Å². The van der Waals surface area contributed by atoms with Crippen LogP contribution in [0, 0.1) is 36.5 Å². The van der Waals surface area contributed by atoms with Crippen molar-refractivity contribution in [1.82, 2.24) is 4.98 Å². The molecule has 0 aliphatic carbocycles. The van der Waals surface area contributed by atoms with Gasteiger partial charge < -0.3 is 4.98 Å². The Balaban J connectivity index is 2.50. The molecule has 6 heteroatoms. The molecule has 0 saturated carbocycles. The second-order valence-electron chi connectivity index (χ2n) is 6.37. The lowest BCUT2D eigenvalue weighted by molar-refractivity contribution is 1.21. The van der Waals surface area contributed by atoms with E-state index in [0.717, 1.165) is 22.5 Å². The van der Waals surface area contributed by atoms with Gasteiger partial charge in [-0.15, -0.1) is 0 Å². The first-order valence-corrected chi connectivity index (χ1v) is 9.02. The molecular weight excluding hydrogens is 379 g/mol. The lowest BCUT2D eigenvalue weighted by atomic mass is 9.94. The van der Waals surface area contributed by atoms with Crippen LogP contribution in [0.4, 0.5) is 0 Å². The summed E-state index contributed by atoms with van der Waals surface area (Å²) < 4.78 is 0. The number of halogens is 2. The molecule has 0 unspecified atom stereocenters. The molecule has 0 saturated heterocycles. The van der Waals surface area contributed by atoms with Gasteiger partial charge >= 0.3 is 0 Å². The minimum Gasteiger partial charge on any atom is -0.357 e. The van der Waals surface area contributed by atoms with Crippen molar-refractivity contribution in [3.05, 3.63) is 73.2 Å². The smallest absolute Gasteiger partial charge is 0.101 e. The molecular formula is C21H16Cl2N4. The molecule has 4 nitrogen and oxygen atoms in total. The molecule has 1 aliphatic heterocycles. The number of allylic oxidation sites excluding steroid dienone is 2. The number of hydrogen-bond donors (Lipinski definition) is 1. The second kappa shape index (κ2) is 7.08. The van der Waals surface area contributed by atoms with Crippen molar-refractivity contribution in [2.24, 2.45) is 4.99 Å². The van der Waals surface area contributed by atoms with Crippen molar-refractivity contribution >= 4 is 34.5 Å². The largest absolute Gasteiger partial charge is 0.357 e. The molecule has 2 aromatic rings. The topological polar surface area (TPSA) is 75.7 Å². The van der Waals surface area contributed by atoms with Crippen LogP contribution in [-0.2, 0) is 0 Å². The van der Waals surface area contributed by atoms with E-state index in [9.17, 15) is 10.5 Å². The number of aryl methyl sites for hydroxylation is 1. The number of nitrogens with one attached hydrogen (secondary N) is 1. The molecule has 0 bridgehead atoms. The Morgan fingerprint density at radius 2 is 1.67 bits per heavy atom. The van der Waals surface area contributed by atoms with Crippen LogP contribution in [0.1, 0.15) is 41.9 Å². The fraction of sp³-hybridized carbons (Fsp3) is 0.190.